The number of nitrogens with zero attached hydrogens (tertiary/aromatic N) is 4. The number of nitrogens with one attached hydrogen (secondary N) is 2. The number of rotatable bonds is 6. The van der Waals surface area contributed by atoms with Gasteiger partial charge in [0.05, 0.1) is 17.0 Å². The number of carbonyl (C=O) groups excluding carboxylic acids is 3. The lowest BCUT2D eigenvalue weighted by molar-refractivity contribution is -0.192. The Kier molecular flexibility index (Phi) is 11.2. The third-order valence-corrected chi connectivity index (χ3v) is 8.99. The van der Waals surface area contributed by atoms with Crippen LogP contribution in [0.1, 0.15) is 56.2 Å². The average Bonchev–Trinajstić information content (AvgIpc) is 3.52. The largest absolute Gasteiger partial charge is 0.490 e. The number of anilines is 1. The number of alkyl halides is 3. The molecular weight excluding hydrogens is 637 g/mol. The van der Waals surface area contributed by atoms with Crippen LogP contribution >= 0.6 is 11.3 Å². The van der Waals surface area contributed by atoms with Crippen LogP contribution in [-0.2, 0) is 32.0 Å². The summed E-state index contributed by atoms with van der Waals surface area (Å²) >= 11 is 1.66. The number of carboxylic acids is 1. The number of piperidine rings is 1. The molecule has 2 aromatic rings. The van der Waals surface area contributed by atoms with Crippen molar-refractivity contribution in [2.24, 2.45) is 5.41 Å². The number of likely N-dealkylation sites (tertiary alicyclic amines) is 1. The van der Waals surface area contributed by atoms with Crippen molar-refractivity contribution >= 4 is 46.9 Å². The van der Waals surface area contributed by atoms with E-state index >= 15 is 0 Å². The zero-order valence-corrected chi connectivity index (χ0v) is 27.3. The molecule has 15 heteroatoms. The van der Waals surface area contributed by atoms with Gasteiger partial charge in [0, 0.05) is 62.0 Å². The highest BCUT2D eigenvalue weighted by atomic mass is 32.1. The van der Waals surface area contributed by atoms with Crippen LogP contribution in [0.15, 0.2) is 41.6 Å². The Bertz CT molecular complexity index is 1530. The Hall–Kier alpha value is -4.11. The highest BCUT2D eigenvalue weighted by Gasteiger charge is 2.45. The van der Waals surface area contributed by atoms with Crippen molar-refractivity contribution < 1.29 is 37.5 Å². The Labute approximate surface area is 274 Å². The van der Waals surface area contributed by atoms with Gasteiger partial charge >= 0.3 is 12.1 Å². The Morgan fingerprint density at radius 2 is 1.83 bits per heavy atom. The van der Waals surface area contributed by atoms with E-state index < -0.39 is 17.6 Å². The monoisotopic (exact) mass is 676 g/mol. The van der Waals surface area contributed by atoms with E-state index in [0.29, 0.717) is 57.8 Å². The summed E-state index contributed by atoms with van der Waals surface area (Å²) in [6.07, 6.45) is 7.51. The maximum absolute atomic E-state index is 13.1. The van der Waals surface area contributed by atoms with Gasteiger partial charge in [0.25, 0.3) is 0 Å². The Balaban J connectivity index is 0.000000644. The molecule has 5 heterocycles. The lowest BCUT2D eigenvalue weighted by atomic mass is 9.71. The van der Waals surface area contributed by atoms with Gasteiger partial charge in [-0.15, -0.1) is 11.3 Å². The van der Waals surface area contributed by atoms with Gasteiger partial charge in [0.2, 0.25) is 17.7 Å². The number of hydrogen-bond acceptors (Lipinski definition) is 8. The van der Waals surface area contributed by atoms with E-state index in [-0.39, 0.29) is 23.3 Å². The minimum absolute atomic E-state index is 0.0155. The molecule has 11 nitrogen and oxygen atoms in total. The lowest BCUT2D eigenvalue weighted by Gasteiger charge is -2.43. The predicted molar refractivity (Wildman–Crippen MR) is 170 cm³/mol. The fourth-order valence-corrected chi connectivity index (χ4v) is 6.14. The van der Waals surface area contributed by atoms with Crippen molar-refractivity contribution in [2.45, 2.75) is 64.6 Å². The fourth-order valence-electron chi connectivity index (χ4n) is 5.47. The molecule has 254 valence electrons. The van der Waals surface area contributed by atoms with Crippen molar-refractivity contribution in [1.29, 1.82) is 0 Å². The summed E-state index contributed by atoms with van der Waals surface area (Å²) in [5.41, 5.74) is 2.46. The third kappa shape index (κ3) is 9.94. The number of halogens is 3. The summed E-state index contributed by atoms with van der Waals surface area (Å²) in [7, 11) is 0. The van der Waals surface area contributed by atoms with Crippen molar-refractivity contribution in [2.75, 3.05) is 38.0 Å². The molecule has 0 atom stereocenters. The number of carbonyl (C=O) groups is 4. The van der Waals surface area contributed by atoms with Gasteiger partial charge in [0.1, 0.15) is 5.82 Å². The number of fused-ring (bicyclic) bond motifs is 1. The second-order valence-corrected chi connectivity index (χ2v) is 13.8. The van der Waals surface area contributed by atoms with E-state index in [2.05, 4.69) is 26.7 Å². The number of hydrogen-bond donors (Lipinski definition) is 3. The van der Waals surface area contributed by atoms with Crippen molar-refractivity contribution in [3.8, 4) is 0 Å². The number of pyridine rings is 1. The first kappa shape index (κ1) is 35.7. The quantitative estimate of drug-likeness (QED) is 0.307. The molecule has 2 aromatic heterocycles. The first-order valence-corrected chi connectivity index (χ1v) is 16.1. The van der Waals surface area contributed by atoms with Crippen molar-refractivity contribution in [3.63, 3.8) is 0 Å². The molecule has 0 bridgehead atoms. The van der Waals surface area contributed by atoms with Gasteiger partial charge in [-0.3, -0.25) is 14.4 Å². The summed E-state index contributed by atoms with van der Waals surface area (Å²) in [5, 5.41) is 16.5. The summed E-state index contributed by atoms with van der Waals surface area (Å²) in [4.78, 5) is 60.1. The van der Waals surface area contributed by atoms with Gasteiger partial charge < -0.3 is 25.5 Å². The molecule has 1 spiro atoms. The summed E-state index contributed by atoms with van der Waals surface area (Å²) in [5.74, 6) is -2.14. The van der Waals surface area contributed by atoms with Crippen molar-refractivity contribution in [1.82, 2.24) is 25.1 Å². The van der Waals surface area contributed by atoms with Crippen LogP contribution in [-0.4, -0.2) is 93.0 Å². The summed E-state index contributed by atoms with van der Waals surface area (Å²) in [6, 6.07) is 2.01. The molecule has 3 amide bonds. The van der Waals surface area contributed by atoms with Gasteiger partial charge in [-0.1, -0.05) is 11.6 Å². The molecule has 1 saturated heterocycles. The summed E-state index contributed by atoms with van der Waals surface area (Å²) in [6.45, 7) is 8.83. The van der Waals surface area contributed by atoms with Crippen molar-refractivity contribution in [3.05, 3.63) is 57.7 Å². The zero-order valence-electron chi connectivity index (χ0n) is 26.5. The van der Waals surface area contributed by atoms with E-state index in [1.807, 2.05) is 48.2 Å². The van der Waals surface area contributed by atoms with Gasteiger partial charge in [-0.25, -0.2) is 14.8 Å². The molecule has 0 saturated carbocycles. The molecule has 0 aliphatic carbocycles. The molecule has 0 unspecified atom stereocenters. The minimum Gasteiger partial charge on any atom is -0.475 e. The SMILES string of the molecule is CC(C)(C)NCC(=O)N1CCC2(CC1)Cc1cc(/C=C/C(=O)N3CC=C(Cc4nccs4)CC3)cnc1NC2=O.O=C(O)C(F)(F)F. The maximum Gasteiger partial charge on any atom is 0.490 e. The fraction of sp³-hybridized carbons (Fsp3) is 0.500. The maximum atomic E-state index is 13.1. The number of aromatic nitrogens is 2. The van der Waals surface area contributed by atoms with Gasteiger partial charge in [-0.2, -0.15) is 13.2 Å². The zero-order chi connectivity index (χ0) is 34.4. The number of carboxylic acid groups (broad SMARTS) is 1. The first-order valence-electron chi connectivity index (χ1n) is 15.2. The summed E-state index contributed by atoms with van der Waals surface area (Å²) < 4.78 is 31.7. The van der Waals surface area contributed by atoms with Crippen LogP contribution in [0.4, 0.5) is 19.0 Å². The molecular formula is C32H39F3N6O5S. The molecule has 47 heavy (non-hydrogen) atoms. The van der Waals surface area contributed by atoms with Gasteiger partial charge in [-0.05, 0) is 69.7 Å². The van der Waals surface area contributed by atoms with Crippen LogP contribution < -0.4 is 10.6 Å². The highest BCUT2D eigenvalue weighted by Crippen LogP contribution is 2.41. The van der Waals surface area contributed by atoms with Crippen LogP contribution in [0.2, 0.25) is 0 Å². The number of amides is 3. The van der Waals surface area contributed by atoms with Crippen LogP contribution in [0, 0.1) is 5.41 Å². The molecule has 3 aliphatic rings. The molecule has 0 radical (unpaired) electrons. The van der Waals surface area contributed by atoms with Crippen LogP contribution in [0.5, 0.6) is 0 Å². The van der Waals surface area contributed by atoms with E-state index in [4.69, 9.17) is 9.90 Å². The molecule has 0 aromatic carbocycles. The first-order chi connectivity index (χ1) is 22.0. The van der Waals surface area contributed by atoms with E-state index in [0.717, 1.165) is 29.0 Å². The second-order valence-electron chi connectivity index (χ2n) is 12.8. The second kappa shape index (κ2) is 14.8. The topological polar surface area (TPSA) is 145 Å². The Morgan fingerprint density at radius 1 is 1.13 bits per heavy atom. The van der Waals surface area contributed by atoms with Crippen LogP contribution in [0.3, 0.4) is 0 Å². The van der Waals surface area contributed by atoms with Gasteiger partial charge in [0.15, 0.2) is 0 Å². The molecule has 5 rings (SSSR count). The van der Waals surface area contributed by atoms with E-state index in [1.165, 1.54) is 5.57 Å². The average molecular weight is 677 g/mol. The molecule has 3 aliphatic heterocycles. The number of thiazole rings is 1. The molecule has 1 fully saturated rings. The predicted octanol–water partition coefficient (Wildman–Crippen LogP) is 4.08. The van der Waals surface area contributed by atoms with E-state index in [9.17, 15) is 27.6 Å². The smallest absolute Gasteiger partial charge is 0.475 e. The third-order valence-electron chi connectivity index (χ3n) is 8.21. The lowest BCUT2D eigenvalue weighted by Crippen LogP contribution is -2.53. The highest BCUT2D eigenvalue weighted by molar-refractivity contribution is 7.09. The normalized spacial score (nSPS) is 17.8. The minimum atomic E-state index is -5.08. The Morgan fingerprint density at radius 3 is 2.40 bits per heavy atom. The van der Waals surface area contributed by atoms with Crippen LogP contribution in [0.25, 0.3) is 6.08 Å². The van der Waals surface area contributed by atoms with E-state index in [1.54, 1.807) is 29.7 Å². The standard InChI is InChI=1S/C30H38N6O3S.C2HF3O2/c1-29(2,3)33-20-26(38)36-13-8-30(9-14-36)18-23-16-22(19-32-27(23)34-28(30)39)4-5-25(37)35-11-6-21(7-12-35)17-24-31-10-15-40-24;3-2(4,5)1(6)7/h4-6,10,15-16,19,33H,7-9,11-14,17-18,20H2,1-3H3,(H,32,34,39);(H,6,7)/b5-4+;. The number of aliphatic carboxylic acids is 1. The molecule has 3 N–H and O–H groups in total.